The molecule has 0 fully saturated rings. The van der Waals surface area contributed by atoms with Crippen molar-refractivity contribution in [1.29, 1.82) is 0 Å². The number of hydrogen-bond donors (Lipinski definition) is 2. The molecule has 0 saturated heterocycles. The normalized spacial score (nSPS) is 10.5. The fourth-order valence-electron chi connectivity index (χ4n) is 1.53. The predicted octanol–water partition coefficient (Wildman–Crippen LogP) is 2.03. The number of carbonyl (C=O) groups is 1. The maximum atomic E-state index is 10.7. The molecule has 2 N–H and O–H groups in total. The smallest absolute Gasteiger partial charge is 0.335 e. The third kappa shape index (κ3) is 1.82. The summed E-state index contributed by atoms with van der Waals surface area (Å²) in [6.07, 6.45) is 0. The Morgan fingerprint density at radius 2 is 1.73 bits per heavy atom. The molecule has 2 rings (SSSR count). The third-order valence-electron chi connectivity index (χ3n) is 2.33. The molecule has 0 aromatic heterocycles. The quantitative estimate of drug-likeness (QED) is 0.783. The van der Waals surface area contributed by atoms with Gasteiger partial charge in [-0.3, -0.25) is 0 Å². The van der Waals surface area contributed by atoms with Gasteiger partial charge in [0.2, 0.25) is 0 Å². The van der Waals surface area contributed by atoms with Crippen molar-refractivity contribution in [2.75, 3.05) is 0 Å². The van der Waals surface area contributed by atoms with E-state index in [2.05, 4.69) is 0 Å². The fourth-order valence-corrected chi connectivity index (χ4v) is 1.53. The van der Waals surface area contributed by atoms with Gasteiger partial charge in [0.1, 0.15) is 0 Å². The van der Waals surface area contributed by atoms with Crippen molar-refractivity contribution in [2.45, 2.75) is 6.61 Å². The Bertz CT molecular complexity index is 517. The van der Waals surface area contributed by atoms with E-state index in [1.165, 1.54) is 0 Å². The zero-order chi connectivity index (χ0) is 10.8. The zero-order valence-electron chi connectivity index (χ0n) is 7.97. The molecule has 2 aromatic carbocycles. The molecule has 0 aliphatic heterocycles. The van der Waals surface area contributed by atoms with Gasteiger partial charge in [0.25, 0.3) is 0 Å². The molecule has 0 heterocycles. The van der Waals surface area contributed by atoms with Gasteiger partial charge in [0, 0.05) is 0 Å². The molecule has 0 aliphatic rings. The standard InChI is InChI=1S/C12H10O3/c13-7-8-1-2-10-6-11(12(14)15)4-3-9(10)5-8/h1-6,13H,7H2,(H,14,15). The highest BCUT2D eigenvalue weighted by Crippen LogP contribution is 2.18. The van der Waals surface area contributed by atoms with Crippen molar-refractivity contribution in [3.05, 3.63) is 47.5 Å². The fraction of sp³-hybridized carbons (Fsp3) is 0.0833. The van der Waals surface area contributed by atoms with Crippen LogP contribution in [0, 0.1) is 0 Å². The molecule has 3 heteroatoms. The summed E-state index contributed by atoms with van der Waals surface area (Å²) < 4.78 is 0. The van der Waals surface area contributed by atoms with Crippen molar-refractivity contribution in [3.8, 4) is 0 Å². The summed E-state index contributed by atoms with van der Waals surface area (Å²) in [6.45, 7) is -0.00335. The SMILES string of the molecule is O=C(O)c1ccc2cc(CO)ccc2c1. The molecule has 0 amide bonds. The Kier molecular flexibility index (Phi) is 2.39. The number of aromatic carboxylic acids is 1. The number of rotatable bonds is 2. The first-order valence-corrected chi connectivity index (χ1v) is 4.57. The second kappa shape index (κ2) is 3.71. The molecule has 2 aromatic rings. The Morgan fingerprint density at radius 1 is 1.07 bits per heavy atom. The summed E-state index contributed by atoms with van der Waals surface area (Å²) in [5, 5.41) is 19.6. The van der Waals surface area contributed by atoms with E-state index in [1.54, 1.807) is 24.3 Å². The predicted molar refractivity (Wildman–Crippen MR) is 56.8 cm³/mol. The van der Waals surface area contributed by atoms with E-state index in [0.29, 0.717) is 0 Å². The molecule has 0 spiro atoms. The molecule has 0 aliphatic carbocycles. The minimum atomic E-state index is -0.928. The van der Waals surface area contributed by atoms with Gasteiger partial charge in [0.15, 0.2) is 0 Å². The van der Waals surface area contributed by atoms with Crippen molar-refractivity contribution in [1.82, 2.24) is 0 Å². The molecule has 0 unspecified atom stereocenters. The number of carboxylic acids is 1. The lowest BCUT2D eigenvalue weighted by Gasteiger charge is -2.02. The average molecular weight is 202 g/mol. The van der Waals surface area contributed by atoms with Crippen LogP contribution in [0.2, 0.25) is 0 Å². The van der Waals surface area contributed by atoms with E-state index in [-0.39, 0.29) is 12.2 Å². The zero-order valence-corrected chi connectivity index (χ0v) is 7.97. The van der Waals surface area contributed by atoms with Crippen LogP contribution in [0.4, 0.5) is 0 Å². The summed E-state index contributed by atoms with van der Waals surface area (Å²) in [4.78, 5) is 10.7. The maximum Gasteiger partial charge on any atom is 0.335 e. The summed E-state index contributed by atoms with van der Waals surface area (Å²) in [5.41, 5.74) is 1.10. The first-order chi connectivity index (χ1) is 7.20. The molecular formula is C12H10O3. The number of aliphatic hydroxyl groups excluding tert-OH is 1. The van der Waals surface area contributed by atoms with Crippen molar-refractivity contribution in [2.24, 2.45) is 0 Å². The van der Waals surface area contributed by atoms with E-state index < -0.39 is 5.97 Å². The van der Waals surface area contributed by atoms with Gasteiger partial charge in [-0.1, -0.05) is 18.2 Å². The minimum Gasteiger partial charge on any atom is -0.478 e. The highest BCUT2D eigenvalue weighted by molar-refractivity contribution is 5.94. The van der Waals surface area contributed by atoms with E-state index in [1.807, 2.05) is 12.1 Å². The third-order valence-corrected chi connectivity index (χ3v) is 2.33. The lowest BCUT2D eigenvalue weighted by atomic mass is 10.0. The Morgan fingerprint density at radius 3 is 2.40 bits per heavy atom. The highest BCUT2D eigenvalue weighted by atomic mass is 16.4. The first kappa shape index (κ1) is 9.68. The van der Waals surface area contributed by atoms with Crippen LogP contribution in [0.15, 0.2) is 36.4 Å². The Labute approximate surface area is 86.6 Å². The number of fused-ring (bicyclic) bond motifs is 1. The van der Waals surface area contributed by atoms with E-state index in [4.69, 9.17) is 10.2 Å². The topological polar surface area (TPSA) is 57.5 Å². The highest BCUT2D eigenvalue weighted by Gasteiger charge is 2.03. The maximum absolute atomic E-state index is 10.7. The van der Waals surface area contributed by atoms with Crippen LogP contribution in [-0.2, 0) is 6.61 Å². The Hall–Kier alpha value is -1.87. The summed E-state index contributed by atoms with van der Waals surface area (Å²) >= 11 is 0. The molecule has 0 radical (unpaired) electrons. The van der Waals surface area contributed by atoms with Gasteiger partial charge < -0.3 is 10.2 Å². The van der Waals surface area contributed by atoms with Crippen LogP contribution in [0.3, 0.4) is 0 Å². The van der Waals surface area contributed by atoms with Crippen molar-refractivity contribution < 1.29 is 15.0 Å². The van der Waals surface area contributed by atoms with Gasteiger partial charge in [-0.25, -0.2) is 4.79 Å². The van der Waals surface area contributed by atoms with Crippen LogP contribution >= 0.6 is 0 Å². The van der Waals surface area contributed by atoms with Gasteiger partial charge in [-0.05, 0) is 34.5 Å². The molecule has 0 atom stereocenters. The Balaban J connectivity index is 2.59. The molecule has 3 nitrogen and oxygen atoms in total. The van der Waals surface area contributed by atoms with Gasteiger partial charge in [-0.2, -0.15) is 0 Å². The van der Waals surface area contributed by atoms with E-state index in [9.17, 15) is 4.79 Å². The summed E-state index contributed by atoms with van der Waals surface area (Å²) in [7, 11) is 0. The number of carboxylic acid groups (broad SMARTS) is 1. The van der Waals surface area contributed by atoms with Crippen LogP contribution in [0.5, 0.6) is 0 Å². The van der Waals surface area contributed by atoms with Crippen LogP contribution in [-0.4, -0.2) is 16.2 Å². The van der Waals surface area contributed by atoms with Crippen LogP contribution in [0.25, 0.3) is 10.8 Å². The van der Waals surface area contributed by atoms with E-state index >= 15 is 0 Å². The lowest BCUT2D eigenvalue weighted by molar-refractivity contribution is 0.0697. The van der Waals surface area contributed by atoms with Crippen LogP contribution < -0.4 is 0 Å². The average Bonchev–Trinajstić information content (AvgIpc) is 2.27. The number of hydrogen-bond acceptors (Lipinski definition) is 2. The first-order valence-electron chi connectivity index (χ1n) is 4.57. The van der Waals surface area contributed by atoms with Gasteiger partial charge in [-0.15, -0.1) is 0 Å². The van der Waals surface area contributed by atoms with Crippen LogP contribution in [0.1, 0.15) is 15.9 Å². The lowest BCUT2D eigenvalue weighted by Crippen LogP contribution is -1.95. The second-order valence-corrected chi connectivity index (χ2v) is 3.36. The summed E-state index contributed by atoms with van der Waals surface area (Å²) in [6, 6.07) is 10.4. The van der Waals surface area contributed by atoms with Crippen molar-refractivity contribution in [3.63, 3.8) is 0 Å². The largest absolute Gasteiger partial charge is 0.478 e. The molecular weight excluding hydrogens is 192 g/mol. The molecule has 0 saturated carbocycles. The van der Waals surface area contributed by atoms with Gasteiger partial charge in [0.05, 0.1) is 12.2 Å². The van der Waals surface area contributed by atoms with E-state index in [0.717, 1.165) is 16.3 Å². The minimum absolute atomic E-state index is 0.00335. The van der Waals surface area contributed by atoms with Gasteiger partial charge >= 0.3 is 5.97 Å². The monoisotopic (exact) mass is 202 g/mol. The second-order valence-electron chi connectivity index (χ2n) is 3.36. The molecule has 76 valence electrons. The summed E-state index contributed by atoms with van der Waals surface area (Å²) in [5.74, 6) is -0.928. The molecule has 15 heavy (non-hydrogen) atoms. The number of benzene rings is 2. The van der Waals surface area contributed by atoms with Crippen molar-refractivity contribution >= 4 is 16.7 Å². The molecule has 0 bridgehead atoms. The number of aliphatic hydroxyl groups is 1.